The van der Waals surface area contributed by atoms with Gasteiger partial charge < -0.3 is 14.8 Å². The number of carbonyl (C=O) groups excluding carboxylic acids is 1. The molecule has 0 saturated carbocycles. The van der Waals surface area contributed by atoms with E-state index in [-0.39, 0.29) is 11.7 Å². The predicted octanol–water partition coefficient (Wildman–Crippen LogP) is 4.85. The summed E-state index contributed by atoms with van der Waals surface area (Å²) in [6.45, 7) is 4.65. The fourth-order valence-corrected chi connectivity index (χ4v) is 5.27. The molecule has 3 aromatic rings. The molecule has 4 nitrogen and oxygen atoms in total. The van der Waals surface area contributed by atoms with Crippen molar-refractivity contribution in [3.8, 4) is 0 Å². The lowest BCUT2D eigenvalue weighted by Crippen LogP contribution is -2.37. The Balaban J connectivity index is 1.08. The highest BCUT2D eigenvalue weighted by Gasteiger charge is 2.24. The van der Waals surface area contributed by atoms with Gasteiger partial charge in [0.05, 0.1) is 5.52 Å². The lowest BCUT2D eigenvalue weighted by molar-refractivity contribution is -0.132. The number of rotatable bonds is 5. The third kappa shape index (κ3) is 4.24. The van der Waals surface area contributed by atoms with Crippen LogP contribution in [0.15, 0.2) is 48.7 Å². The molecule has 162 valence electrons. The van der Waals surface area contributed by atoms with E-state index in [0.717, 1.165) is 63.8 Å². The predicted molar refractivity (Wildman–Crippen MR) is 121 cm³/mol. The summed E-state index contributed by atoms with van der Waals surface area (Å²) in [5, 5.41) is 1.02. The first-order valence-electron chi connectivity index (χ1n) is 11.5. The number of aromatic amines is 1. The van der Waals surface area contributed by atoms with Crippen molar-refractivity contribution in [3.05, 3.63) is 71.2 Å². The molecule has 0 atom stereocenters. The number of nitrogens with one attached hydrogen (secondary N) is 1. The van der Waals surface area contributed by atoms with E-state index in [2.05, 4.69) is 34.1 Å². The zero-order chi connectivity index (χ0) is 21.2. The summed E-state index contributed by atoms with van der Waals surface area (Å²) in [5.74, 6) is 0.579. The third-order valence-electron chi connectivity index (χ3n) is 7.07. The lowest BCUT2D eigenvalue weighted by atomic mass is 9.89. The number of H-pyrrole nitrogens is 1. The average molecular weight is 420 g/mol. The highest BCUT2D eigenvalue weighted by molar-refractivity contribution is 5.84. The summed E-state index contributed by atoms with van der Waals surface area (Å²) in [6.07, 6.45) is 6.67. The van der Waals surface area contributed by atoms with Crippen molar-refractivity contribution < 1.29 is 9.18 Å². The van der Waals surface area contributed by atoms with Crippen LogP contribution in [0, 0.1) is 5.82 Å². The van der Waals surface area contributed by atoms with Crippen LogP contribution in [0.3, 0.4) is 0 Å². The van der Waals surface area contributed by atoms with Crippen LogP contribution in [0.4, 0.5) is 4.39 Å². The Bertz CT molecular complexity index is 1070. The van der Waals surface area contributed by atoms with E-state index >= 15 is 0 Å². The first kappa shape index (κ1) is 20.3. The van der Waals surface area contributed by atoms with Crippen LogP contribution < -0.4 is 0 Å². The zero-order valence-corrected chi connectivity index (χ0v) is 17.9. The van der Waals surface area contributed by atoms with Gasteiger partial charge in [0.1, 0.15) is 5.82 Å². The van der Waals surface area contributed by atoms with Crippen molar-refractivity contribution in [3.63, 3.8) is 0 Å². The molecule has 0 unspecified atom stereocenters. The van der Waals surface area contributed by atoms with Crippen molar-refractivity contribution >= 4 is 16.8 Å². The normalized spacial score (nSPS) is 17.8. The number of halogens is 1. The first-order chi connectivity index (χ1) is 15.2. The Hall–Kier alpha value is -2.66. The number of amides is 1. The number of para-hydroxylation sites is 1. The van der Waals surface area contributed by atoms with Crippen molar-refractivity contribution in [1.82, 2.24) is 14.8 Å². The number of likely N-dealkylation sites (tertiary alicyclic amines) is 1. The SMILES string of the molecule is O=C(CCCN1CCC(c2c[nH]c3c(F)cccc23)CC1)N1CCc2ccccc2C1. The molecule has 0 aliphatic carbocycles. The van der Waals surface area contributed by atoms with Crippen LogP contribution in [0.1, 0.15) is 48.3 Å². The molecule has 0 radical (unpaired) electrons. The van der Waals surface area contributed by atoms with Gasteiger partial charge in [-0.3, -0.25) is 4.79 Å². The Morgan fingerprint density at radius 2 is 1.84 bits per heavy atom. The lowest BCUT2D eigenvalue weighted by Gasteiger charge is -2.32. The second-order valence-electron chi connectivity index (χ2n) is 8.96. The fraction of sp³-hybridized carbons (Fsp3) is 0.423. The molecule has 1 aromatic heterocycles. The number of aromatic nitrogens is 1. The molecule has 31 heavy (non-hydrogen) atoms. The van der Waals surface area contributed by atoms with Crippen LogP contribution in [-0.4, -0.2) is 46.9 Å². The van der Waals surface area contributed by atoms with Gasteiger partial charge in [-0.25, -0.2) is 4.39 Å². The number of piperidine rings is 1. The molecule has 0 bridgehead atoms. The van der Waals surface area contributed by atoms with Gasteiger partial charge in [-0.05, 0) is 74.0 Å². The maximum atomic E-state index is 14.0. The molecule has 5 rings (SSSR count). The Kier molecular flexibility index (Phi) is 5.77. The Morgan fingerprint density at radius 1 is 1.03 bits per heavy atom. The molecule has 2 aliphatic heterocycles. The minimum Gasteiger partial charge on any atom is -0.359 e. The van der Waals surface area contributed by atoms with Gasteiger partial charge in [0.2, 0.25) is 5.91 Å². The smallest absolute Gasteiger partial charge is 0.222 e. The minimum absolute atomic E-state index is 0.178. The number of carbonyl (C=O) groups is 1. The molecular weight excluding hydrogens is 389 g/mol. The molecule has 1 amide bonds. The van der Waals surface area contributed by atoms with E-state index in [0.29, 0.717) is 17.9 Å². The van der Waals surface area contributed by atoms with Gasteiger partial charge in [-0.2, -0.15) is 0 Å². The molecular formula is C26H30FN3O. The van der Waals surface area contributed by atoms with E-state index in [1.54, 1.807) is 6.07 Å². The van der Waals surface area contributed by atoms with Crippen LogP contribution in [0.2, 0.25) is 0 Å². The molecule has 0 spiro atoms. The summed E-state index contributed by atoms with van der Waals surface area (Å²) in [6, 6.07) is 13.8. The Labute approximate surface area is 183 Å². The number of nitrogens with zero attached hydrogens (tertiary/aromatic N) is 2. The van der Waals surface area contributed by atoms with Crippen molar-refractivity contribution in [1.29, 1.82) is 0 Å². The maximum absolute atomic E-state index is 14.0. The van der Waals surface area contributed by atoms with Gasteiger partial charge in [-0.1, -0.05) is 36.4 Å². The minimum atomic E-state index is -0.178. The molecule has 1 saturated heterocycles. The average Bonchev–Trinajstić information content (AvgIpc) is 3.25. The first-order valence-corrected chi connectivity index (χ1v) is 11.5. The molecule has 3 heterocycles. The fourth-order valence-electron chi connectivity index (χ4n) is 5.27. The standard InChI is InChI=1S/C26H30FN3O/c27-24-8-3-7-22-23(17-28-26(22)24)20-10-14-29(15-11-20)13-4-9-25(31)30-16-12-19-5-1-2-6-21(19)18-30/h1-3,5-8,17,20,28H,4,9-16,18H2. The van der Waals surface area contributed by atoms with Crippen LogP contribution >= 0.6 is 0 Å². The molecule has 2 aromatic carbocycles. The van der Waals surface area contributed by atoms with Gasteiger partial charge >= 0.3 is 0 Å². The number of fused-ring (bicyclic) bond motifs is 2. The number of benzene rings is 2. The van der Waals surface area contributed by atoms with E-state index in [1.807, 2.05) is 17.2 Å². The summed E-state index contributed by atoms with van der Waals surface area (Å²) in [7, 11) is 0. The highest BCUT2D eigenvalue weighted by atomic mass is 19.1. The van der Waals surface area contributed by atoms with Gasteiger partial charge in [0.25, 0.3) is 0 Å². The number of hydrogen-bond donors (Lipinski definition) is 1. The summed E-state index contributed by atoms with van der Waals surface area (Å²) in [5.41, 5.74) is 4.54. The molecule has 2 aliphatic rings. The second-order valence-corrected chi connectivity index (χ2v) is 8.96. The van der Waals surface area contributed by atoms with E-state index < -0.39 is 0 Å². The van der Waals surface area contributed by atoms with Gasteiger partial charge in [0.15, 0.2) is 0 Å². The molecule has 1 fully saturated rings. The topological polar surface area (TPSA) is 39.3 Å². The monoisotopic (exact) mass is 419 g/mol. The van der Waals surface area contributed by atoms with Crippen molar-refractivity contribution in [2.24, 2.45) is 0 Å². The summed E-state index contributed by atoms with van der Waals surface area (Å²) < 4.78 is 14.0. The van der Waals surface area contributed by atoms with E-state index in [1.165, 1.54) is 22.8 Å². The highest BCUT2D eigenvalue weighted by Crippen LogP contribution is 2.34. The zero-order valence-electron chi connectivity index (χ0n) is 17.9. The van der Waals surface area contributed by atoms with Crippen molar-refractivity contribution in [2.75, 3.05) is 26.2 Å². The third-order valence-corrected chi connectivity index (χ3v) is 7.07. The van der Waals surface area contributed by atoms with Crippen LogP contribution in [0.25, 0.3) is 10.9 Å². The van der Waals surface area contributed by atoms with Crippen LogP contribution in [-0.2, 0) is 17.8 Å². The second kappa shape index (κ2) is 8.83. The maximum Gasteiger partial charge on any atom is 0.222 e. The largest absolute Gasteiger partial charge is 0.359 e. The molecule has 1 N–H and O–H groups in total. The van der Waals surface area contributed by atoms with E-state index in [9.17, 15) is 9.18 Å². The summed E-state index contributed by atoms with van der Waals surface area (Å²) in [4.78, 5) is 20.3. The van der Waals surface area contributed by atoms with Gasteiger partial charge in [0, 0.05) is 31.1 Å². The summed E-state index contributed by atoms with van der Waals surface area (Å²) >= 11 is 0. The Morgan fingerprint density at radius 3 is 2.68 bits per heavy atom. The van der Waals surface area contributed by atoms with Crippen molar-refractivity contribution in [2.45, 2.75) is 44.6 Å². The van der Waals surface area contributed by atoms with Crippen LogP contribution in [0.5, 0.6) is 0 Å². The van der Waals surface area contributed by atoms with E-state index in [4.69, 9.17) is 0 Å². The quantitative estimate of drug-likeness (QED) is 0.642. The number of hydrogen-bond acceptors (Lipinski definition) is 2. The molecule has 5 heteroatoms. The van der Waals surface area contributed by atoms with Gasteiger partial charge in [-0.15, -0.1) is 0 Å².